The molecule has 182 valence electrons. The van der Waals surface area contributed by atoms with Gasteiger partial charge in [0.1, 0.15) is 0 Å². The Balaban J connectivity index is 1.61. The third-order valence-electron chi connectivity index (χ3n) is 5.89. The van der Waals surface area contributed by atoms with Crippen LogP contribution < -0.4 is 14.9 Å². The van der Waals surface area contributed by atoms with E-state index < -0.39 is 15.9 Å². The predicted octanol–water partition coefficient (Wildman–Crippen LogP) is 5.62. The number of rotatable bonds is 6. The van der Waals surface area contributed by atoms with Crippen molar-refractivity contribution in [2.75, 3.05) is 10.0 Å². The summed E-state index contributed by atoms with van der Waals surface area (Å²) in [6.45, 7) is 9.45. The van der Waals surface area contributed by atoms with Gasteiger partial charge in [0, 0.05) is 23.0 Å². The number of thiazole rings is 1. The Kier molecular flexibility index (Phi) is 6.57. The van der Waals surface area contributed by atoms with Gasteiger partial charge in [-0.05, 0) is 93.8 Å². The highest BCUT2D eigenvalue weighted by Crippen LogP contribution is 2.26. The molecular weight excluding hydrogens is 482 g/mol. The Hall–Kier alpha value is -3.43. The molecule has 3 aromatic carbocycles. The molecule has 0 aliphatic carbocycles. The maximum atomic E-state index is 13.1. The number of carbonyl (C=O) groups excluding carboxylic acids is 1. The quantitative estimate of drug-likeness (QED) is 0.352. The lowest BCUT2D eigenvalue weighted by Gasteiger charge is -2.13. The second-order valence-corrected chi connectivity index (χ2v) is 11.5. The van der Waals surface area contributed by atoms with Gasteiger partial charge in [0.15, 0.2) is 0 Å². The number of nitrogens with zero attached hydrogens (tertiary/aromatic N) is 1. The van der Waals surface area contributed by atoms with Crippen molar-refractivity contribution in [3.63, 3.8) is 0 Å². The van der Waals surface area contributed by atoms with Crippen LogP contribution >= 0.6 is 11.3 Å². The van der Waals surface area contributed by atoms with Crippen molar-refractivity contribution in [2.24, 2.45) is 0 Å². The molecule has 0 unspecified atom stereocenters. The normalized spacial score (nSPS) is 11.7. The summed E-state index contributed by atoms with van der Waals surface area (Å²) in [6.07, 6.45) is 0. The first kappa shape index (κ1) is 24.7. The number of fused-ring (bicyclic) bond motifs is 1. The van der Waals surface area contributed by atoms with E-state index in [4.69, 9.17) is 0 Å². The summed E-state index contributed by atoms with van der Waals surface area (Å²) >= 11 is 1.12. The van der Waals surface area contributed by atoms with Crippen LogP contribution in [0, 0.1) is 20.8 Å². The molecule has 0 saturated heterocycles. The Bertz CT molecular complexity index is 1620. The van der Waals surface area contributed by atoms with Crippen LogP contribution in [0.5, 0.6) is 0 Å². The van der Waals surface area contributed by atoms with Gasteiger partial charge in [-0.1, -0.05) is 23.5 Å². The van der Waals surface area contributed by atoms with E-state index in [1.165, 1.54) is 6.07 Å². The van der Waals surface area contributed by atoms with Crippen LogP contribution in [0.1, 0.15) is 46.9 Å². The van der Waals surface area contributed by atoms with Gasteiger partial charge in [-0.25, -0.2) is 8.42 Å². The Morgan fingerprint density at radius 1 is 0.886 bits per heavy atom. The van der Waals surface area contributed by atoms with Crippen molar-refractivity contribution < 1.29 is 13.2 Å². The SMILES string of the molecule is Cc1ccc(NS(=O)(=O)c2cc(C(=O)Nc3ccc4c(c3)sc(=O)n4C(C)C)ccc2C)cc1C. The van der Waals surface area contributed by atoms with Crippen molar-refractivity contribution in [2.45, 2.75) is 45.6 Å². The van der Waals surface area contributed by atoms with Crippen molar-refractivity contribution in [3.05, 3.63) is 86.5 Å². The third-order valence-corrected chi connectivity index (χ3v) is 8.33. The van der Waals surface area contributed by atoms with Crippen LogP contribution in [0.15, 0.2) is 64.3 Å². The lowest BCUT2D eigenvalue weighted by Crippen LogP contribution is -2.17. The monoisotopic (exact) mass is 509 g/mol. The minimum atomic E-state index is -3.91. The second kappa shape index (κ2) is 9.31. The Labute approximate surface area is 208 Å². The minimum Gasteiger partial charge on any atom is -0.322 e. The number of aryl methyl sites for hydroxylation is 3. The smallest absolute Gasteiger partial charge is 0.308 e. The summed E-state index contributed by atoms with van der Waals surface area (Å²) in [5.74, 6) is -0.442. The van der Waals surface area contributed by atoms with Crippen LogP contribution in [0.4, 0.5) is 11.4 Å². The van der Waals surface area contributed by atoms with Gasteiger partial charge in [0.2, 0.25) is 0 Å². The first-order valence-electron chi connectivity index (χ1n) is 11.1. The molecule has 0 bridgehead atoms. The number of hydrogen-bond donors (Lipinski definition) is 2. The molecule has 0 spiro atoms. The van der Waals surface area contributed by atoms with Crippen LogP contribution in [-0.4, -0.2) is 18.9 Å². The van der Waals surface area contributed by atoms with E-state index in [-0.39, 0.29) is 21.4 Å². The van der Waals surface area contributed by atoms with E-state index in [1.54, 1.807) is 54.0 Å². The molecular formula is C26H27N3O4S2. The van der Waals surface area contributed by atoms with E-state index in [0.717, 1.165) is 32.7 Å². The van der Waals surface area contributed by atoms with E-state index in [0.29, 0.717) is 16.9 Å². The molecule has 1 heterocycles. The molecule has 0 saturated carbocycles. The van der Waals surface area contributed by atoms with Crippen molar-refractivity contribution >= 4 is 48.9 Å². The number of sulfonamides is 1. The fraction of sp³-hybridized carbons (Fsp3) is 0.231. The average Bonchev–Trinajstić information content (AvgIpc) is 3.11. The van der Waals surface area contributed by atoms with Crippen LogP contribution in [0.2, 0.25) is 0 Å². The highest BCUT2D eigenvalue weighted by Gasteiger charge is 2.20. The lowest BCUT2D eigenvalue weighted by molar-refractivity contribution is 0.102. The number of nitrogens with one attached hydrogen (secondary N) is 2. The fourth-order valence-electron chi connectivity index (χ4n) is 3.85. The Morgan fingerprint density at radius 3 is 2.26 bits per heavy atom. The summed E-state index contributed by atoms with van der Waals surface area (Å²) in [7, 11) is -3.91. The number of anilines is 2. The van der Waals surface area contributed by atoms with E-state index in [2.05, 4.69) is 10.0 Å². The zero-order valence-electron chi connectivity index (χ0n) is 20.2. The Morgan fingerprint density at radius 2 is 1.57 bits per heavy atom. The zero-order valence-corrected chi connectivity index (χ0v) is 21.8. The van der Waals surface area contributed by atoms with Crippen molar-refractivity contribution in [1.82, 2.24) is 4.57 Å². The zero-order chi connectivity index (χ0) is 25.5. The molecule has 1 aromatic heterocycles. The second-order valence-electron chi connectivity index (χ2n) is 8.85. The average molecular weight is 510 g/mol. The highest BCUT2D eigenvalue weighted by atomic mass is 32.2. The largest absolute Gasteiger partial charge is 0.322 e. The molecule has 4 rings (SSSR count). The number of amides is 1. The molecule has 1 amide bonds. The third kappa shape index (κ3) is 5.01. The molecule has 0 radical (unpaired) electrons. The minimum absolute atomic E-state index is 0.0297. The van der Waals surface area contributed by atoms with E-state index >= 15 is 0 Å². The van der Waals surface area contributed by atoms with Gasteiger partial charge >= 0.3 is 4.87 Å². The number of aromatic nitrogens is 1. The first-order valence-corrected chi connectivity index (χ1v) is 13.4. The van der Waals surface area contributed by atoms with Crippen LogP contribution in [0.25, 0.3) is 10.2 Å². The van der Waals surface area contributed by atoms with Gasteiger partial charge in [-0.15, -0.1) is 0 Å². The van der Waals surface area contributed by atoms with Crippen LogP contribution in [0.3, 0.4) is 0 Å². The molecule has 4 aromatic rings. The summed E-state index contributed by atoms with van der Waals surface area (Å²) < 4.78 is 31.3. The summed E-state index contributed by atoms with van der Waals surface area (Å²) in [6, 6.07) is 15.2. The molecule has 0 aliphatic heterocycles. The molecule has 35 heavy (non-hydrogen) atoms. The first-order chi connectivity index (χ1) is 16.5. The molecule has 2 N–H and O–H groups in total. The number of hydrogen-bond acceptors (Lipinski definition) is 5. The maximum absolute atomic E-state index is 13.1. The molecule has 7 nitrogen and oxygen atoms in total. The van der Waals surface area contributed by atoms with Gasteiger partial charge in [0.05, 0.1) is 15.1 Å². The van der Waals surface area contributed by atoms with Gasteiger partial charge in [0.25, 0.3) is 15.9 Å². The predicted molar refractivity (Wildman–Crippen MR) is 142 cm³/mol. The summed E-state index contributed by atoms with van der Waals surface area (Å²) in [5.41, 5.74) is 4.58. The standard InChI is InChI=1S/C26H27N3O4S2/c1-15(2)29-22-11-10-20(14-23(22)34-26(29)31)27-25(30)19-8-6-17(4)24(13-19)35(32,33)28-21-9-7-16(3)18(5)12-21/h6-15,28H,1-5H3,(H,27,30). The molecule has 0 fully saturated rings. The van der Waals surface area contributed by atoms with Gasteiger partial charge in [-0.2, -0.15) is 0 Å². The summed E-state index contributed by atoms with van der Waals surface area (Å²) in [5, 5.41) is 2.81. The van der Waals surface area contributed by atoms with E-state index in [1.807, 2.05) is 33.8 Å². The van der Waals surface area contributed by atoms with Gasteiger partial charge in [-0.3, -0.25) is 18.9 Å². The molecule has 9 heteroatoms. The molecule has 0 atom stereocenters. The van der Waals surface area contributed by atoms with Gasteiger partial charge < -0.3 is 5.32 Å². The van der Waals surface area contributed by atoms with Crippen LogP contribution in [-0.2, 0) is 10.0 Å². The number of benzene rings is 3. The van der Waals surface area contributed by atoms with Crippen molar-refractivity contribution in [1.29, 1.82) is 0 Å². The van der Waals surface area contributed by atoms with Crippen molar-refractivity contribution in [3.8, 4) is 0 Å². The highest BCUT2D eigenvalue weighted by molar-refractivity contribution is 7.92. The summed E-state index contributed by atoms with van der Waals surface area (Å²) in [4.78, 5) is 25.2. The maximum Gasteiger partial charge on any atom is 0.308 e. The lowest BCUT2D eigenvalue weighted by atomic mass is 10.1. The van der Waals surface area contributed by atoms with E-state index in [9.17, 15) is 18.0 Å². The number of carbonyl (C=O) groups is 1. The topological polar surface area (TPSA) is 97.3 Å². The molecule has 0 aliphatic rings. The fourth-order valence-corrected chi connectivity index (χ4v) is 6.23.